The minimum absolute atomic E-state index is 0.0201. The van der Waals surface area contributed by atoms with Crippen LogP contribution in [0.2, 0.25) is 0 Å². The van der Waals surface area contributed by atoms with E-state index in [1.54, 1.807) is 24.3 Å². The molecule has 0 spiro atoms. The number of piperidine rings is 1. The molecule has 27 heavy (non-hydrogen) atoms. The summed E-state index contributed by atoms with van der Waals surface area (Å²) in [7, 11) is 1.98. The lowest BCUT2D eigenvalue weighted by Crippen LogP contribution is -2.50. The zero-order valence-electron chi connectivity index (χ0n) is 15.3. The Hall–Kier alpha value is -2.83. The Morgan fingerprint density at radius 2 is 1.81 bits per heavy atom. The Bertz CT molecular complexity index is 831. The molecule has 2 amide bonds. The molecule has 1 aromatic heterocycles. The Labute approximate surface area is 158 Å². The molecule has 2 bridgehead atoms. The number of carbonyl (C=O) groups excluding carboxylic acids is 1. The van der Waals surface area contributed by atoms with E-state index >= 15 is 0 Å². The molecule has 0 aliphatic carbocycles. The van der Waals surface area contributed by atoms with Crippen molar-refractivity contribution in [2.45, 2.75) is 50.2 Å². The number of amides is 2. The van der Waals surface area contributed by atoms with E-state index in [0.29, 0.717) is 12.5 Å². The number of hydrogen-bond donors (Lipinski definition) is 2. The topological polar surface area (TPSA) is 87.5 Å². The van der Waals surface area contributed by atoms with Gasteiger partial charge < -0.3 is 15.3 Å². The van der Waals surface area contributed by atoms with Gasteiger partial charge in [-0.25, -0.2) is 9.59 Å². The van der Waals surface area contributed by atoms with Crippen LogP contribution in [0.25, 0.3) is 0 Å². The summed E-state index contributed by atoms with van der Waals surface area (Å²) in [6.07, 6.45) is 5.92. The SMILES string of the molecule is Cn1nccc1C1CC2CCC(C1)N2C(=O)NCc1ccc(C(=O)O)cc1. The van der Waals surface area contributed by atoms with E-state index in [9.17, 15) is 9.59 Å². The standard InChI is InChI=1S/C20H24N4O3/c1-23-18(8-9-22-23)15-10-16-6-7-17(11-15)24(16)20(27)21-12-13-2-4-14(5-3-13)19(25)26/h2-5,8-9,15-17H,6-7,10-12H2,1H3,(H,21,27)(H,25,26). The lowest BCUT2D eigenvalue weighted by molar-refractivity contribution is 0.0696. The number of fused-ring (bicyclic) bond motifs is 2. The molecular weight excluding hydrogens is 344 g/mol. The van der Waals surface area contributed by atoms with Crippen LogP contribution >= 0.6 is 0 Å². The van der Waals surface area contributed by atoms with Gasteiger partial charge in [-0.05, 0) is 49.4 Å². The van der Waals surface area contributed by atoms with Crippen LogP contribution in [-0.2, 0) is 13.6 Å². The van der Waals surface area contributed by atoms with Crippen molar-refractivity contribution in [2.24, 2.45) is 7.05 Å². The first-order valence-corrected chi connectivity index (χ1v) is 9.39. The van der Waals surface area contributed by atoms with Crippen LogP contribution in [0.4, 0.5) is 4.79 Å². The molecule has 2 aromatic rings. The normalized spacial score (nSPS) is 24.0. The van der Waals surface area contributed by atoms with E-state index in [1.807, 2.05) is 22.8 Å². The van der Waals surface area contributed by atoms with Gasteiger partial charge >= 0.3 is 12.0 Å². The second-order valence-electron chi connectivity index (χ2n) is 7.50. The summed E-state index contributed by atoms with van der Waals surface area (Å²) in [6.45, 7) is 0.403. The van der Waals surface area contributed by atoms with Crippen molar-refractivity contribution in [3.8, 4) is 0 Å². The van der Waals surface area contributed by atoms with Gasteiger partial charge in [0.25, 0.3) is 0 Å². The highest BCUT2D eigenvalue weighted by Gasteiger charge is 2.44. The molecule has 142 valence electrons. The molecule has 2 saturated heterocycles. The summed E-state index contributed by atoms with van der Waals surface area (Å²) in [5.74, 6) is -0.485. The quantitative estimate of drug-likeness (QED) is 0.869. The molecule has 0 saturated carbocycles. The van der Waals surface area contributed by atoms with Crippen molar-refractivity contribution in [1.29, 1.82) is 0 Å². The summed E-state index contributed by atoms with van der Waals surface area (Å²) in [5.41, 5.74) is 2.40. The highest BCUT2D eigenvalue weighted by atomic mass is 16.4. The third-order valence-corrected chi connectivity index (χ3v) is 5.89. The average molecular weight is 368 g/mol. The van der Waals surface area contributed by atoms with Gasteiger partial charge in [-0.1, -0.05) is 12.1 Å². The zero-order valence-corrected chi connectivity index (χ0v) is 15.3. The van der Waals surface area contributed by atoms with Crippen molar-refractivity contribution < 1.29 is 14.7 Å². The average Bonchev–Trinajstić information content (AvgIpc) is 3.20. The molecular formula is C20H24N4O3. The lowest BCUT2D eigenvalue weighted by atomic mass is 9.88. The van der Waals surface area contributed by atoms with Gasteiger partial charge in [-0.15, -0.1) is 0 Å². The van der Waals surface area contributed by atoms with Gasteiger partial charge in [0.05, 0.1) is 5.56 Å². The van der Waals surface area contributed by atoms with Crippen molar-refractivity contribution in [3.63, 3.8) is 0 Å². The maximum absolute atomic E-state index is 12.8. The fraction of sp³-hybridized carbons (Fsp3) is 0.450. The third-order valence-electron chi connectivity index (χ3n) is 5.89. The number of carboxylic acid groups (broad SMARTS) is 1. The molecule has 2 aliphatic heterocycles. The molecule has 2 fully saturated rings. The summed E-state index contributed by atoms with van der Waals surface area (Å²) in [5, 5.41) is 16.2. The Morgan fingerprint density at radius 1 is 1.15 bits per heavy atom. The first-order valence-electron chi connectivity index (χ1n) is 9.39. The van der Waals surface area contributed by atoms with Crippen LogP contribution in [0, 0.1) is 0 Å². The minimum Gasteiger partial charge on any atom is -0.478 e. The van der Waals surface area contributed by atoms with Crippen LogP contribution in [0.5, 0.6) is 0 Å². The number of carbonyl (C=O) groups is 2. The molecule has 2 aliphatic rings. The monoisotopic (exact) mass is 368 g/mol. The number of carboxylic acids is 1. The summed E-state index contributed by atoms with van der Waals surface area (Å²) < 4.78 is 1.95. The summed E-state index contributed by atoms with van der Waals surface area (Å²) >= 11 is 0. The van der Waals surface area contributed by atoms with Crippen LogP contribution in [-0.4, -0.2) is 43.9 Å². The fourth-order valence-corrected chi connectivity index (χ4v) is 4.57. The Morgan fingerprint density at radius 3 is 2.37 bits per heavy atom. The number of urea groups is 1. The van der Waals surface area contributed by atoms with E-state index in [4.69, 9.17) is 5.11 Å². The van der Waals surface area contributed by atoms with Crippen molar-refractivity contribution >= 4 is 12.0 Å². The zero-order chi connectivity index (χ0) is 19.0. The second kappa shape index (κ2) is 7.06. The lowest BCUT2D eigenvalue weighted by Gasteiger charge is -2.39. The molecule has 1 aromatic carbocycles. The smallest absolute Gasteiger partial charge is 0.335 e. The minimum atomic E-state index is -0.946. The first-order chi connectivity index (χ1) is 13.0. The molecule has 4 rings (SSSR count). The number of nitrogens with zero attached hydrogens (tertiary/aromatic N) is 3. The van der Waals surface area contributed by atoms with Crippen molar-refractivity contribution in [2.75, 3.05) is 0 Å². The molecule has 7 nitrogen and oxygen atoms in total. The Kier molecular flexibility index (Phi) is 4.59. The van der Waals surface area contributed by atoms with E-state index < -0.39 is 5.97 Å². The summed E-state index contributed by atoms with van der Waals surface area (Å²) in [4.78, 5) is 25.7. The highest BCUT2D eigenvalue weighted by Crippen LogP contribution is 2.42. The van der Waals surface area contributed by atoms with Gasteiger partial charge in [0.2, 0.25) is 0 Å². The van der Waals surface area contributed by atoms with E-state index in [-0.39, 0.29) is 23.7 Å². The number of aryl methyl sites for hydroxylation is 1. The molecule has 0 radical (unpaired) electrons. The first kappa shape index (κ1) is 17.6. The maximum Gasteiger partial charge on any atom is 0.335 e. The van der Waals surface area contributed by atoms with Crippen LogP contribution in [0.3, 0.4) is 0 Å². The van der Waals surface area contributed by atoms with Crippen LogP contribution in [0.15, 0.2) is 36.5 Å². The predicted octanol–water partition coefficient (Wildman–Crippen LogP) is 2.74. The van der Waals surface area contributed by atoms with E-state index in [1.165, 1.54) is 5.69 Å². The van der Waals surface area contributed by atoms with Crippen LogP contribution < -0.4 is 5.32 Å². The molecule has 7 heteroatoms. The number of aromatic nitrogens is 2. The van der Waals surface area contributed by atoms with Gasteiger partial charge in [0.1, 0.15) is 0 Å². The van der Waals surface area contributed by atoms with Gasteiger partial charge in [0.15, 0.2) is 0 Å². The molecule has 2 atom stereocenters. The second-order valence-corrected chi connectivity index (χ2v) is 7.50. The third kappa shape index (κ3) is 3.41. The van der Waals surface area contributed by atoms with Gasteiger partial charge in [0, 0.05) is 43.5 Å². The Balaban J connectivity index is 1.37. The fourth-order valence-electron chi connectivity index (χ4n) is 4.57. The maximum atomic E-state index is 12.8. The van der Waals surface area contributed by atoms with E-state index in [2.05, 4.69) is 16.5 Å². The van der Waals surface area contributed by atoms with Gasteiger partial charge in [-0.2, -0.15) is 5.10 Å². The highest BCUT2D eigenvalue weighted by molar-refractivity contribution is 5.87. The number of nitrogens with one attached hydrogen (secondary N) is 1. The van der Waals surface area contributed by atoms with Gasteiger partial charge in [-0.3, -0.25) is 4.68 Å². The number of benzene rings is 1. The van der Waals surface area contributed by atoms with E-state index in [0.717, 1.165) is 31.2 Å². The number of rotatable bonds is 4. The number of hydrogen-bond acceptors (Lipinski definition) is 3. The number of aromatic carboxylic acids is 1. The largest absolute Gasteiger partial charge is 0.478 e. The molecule has 2 unspecified atom stereocenters. The molecule has 3 heterocycles. The van der Waals surface area contributed by atoms with Crippen molar-refractivity contribution in [3.05, 3.63) is 53.3 Å². The van der Waals surface area contributed by atoms with Crippen molar-refractivity contribution in [1.82, 2.24) is 20.0 Å². The van der Waals surface area contributed by atoms with Crippen LogP contribution in [0.1, 0.15) is 53.2 Å². The predicted molar refractivity (Wildman–Crippen MR) is 99.5 cm³/mol. The molecule has 2 N–H and O–H groups in total. The summed E-state index contributed by atoms with van der Waals surface area (Å²) in [6, 6.07) is 9.23.